The number of aryl methyl sites for hydroxylation is 2. The van der Waals surface area contributed by atoms with Crippen molar-refractivity contribution in [1.29, 1.82) is 0 Å². The molecule has 2 aromatic heterocycles. The lowest BCUT2D eigenvalue weighted by Gasteiger charge is -2.32. The SMILES string of the molecule is Cc1nc(C2CN(Cc3noc(C)n3)CCO2)cc(N2CCCC2)n1. The molecule has 0 radical (unpaired) electrons. The molecule has 1 atom stereocenters. The van der Waals surface area contributed by atoms with E-state index in [0.717, 1.165) is 49.3 Å². The summed E-state index contributed by atoms with van der Waals surface area (Å²) < 4.78 is 11.1. The third kappa shape index (κ3) is 3.80. The summed E-state index contributed by atoms with van der Waals surface area (Å²) in [5.41, 5.74) is 0.961. The van der Waals surface area contributed by atoms with E-state index in [9.17, 15) is 0 Å². The van der Waals surface area contributed by atoms with Crippen molar-refractivity contribution in [3.63, 3.8) is 0 Å². The summed E-state index contributed by atoms with van der Waals surface area (Å²) in [6, 6.07) is 2.09. The summed E-state index contributed by atoms with van der Waals surface area (Å²) in [6.07, 6.45) is 2.41. The Balaban J connectivity index is 1.48. The third-order valence-corrected chi connectivity index (χ3v) is 4.69. The highest BCUT2D eigenvalue weighted by molar-refractivity contribution is 5.41. The highest BCUT2D eigenvalue weighted by Gasteiger charge is 2.26. The fourth-order valence-corrected chi connectivity index (χ4v) is 3.48. The normalized spacial score (nSPS) is 21.8. The molecule has 2 aliphatic heterocycles. The van der Waals surface area contributed by atoms with Crippen molar-refractivity contribution in [2.24, 2.45) is 0 Å². The van der Waals surface area contributed by atoms with Gasteiger partial charge >= 0.3 is 0 Å². The maximum absolute atomic E-state index is 6.00. The van der Waals surface area contributed by atoms with E-state index < -0.39 is 0 Å². The minimum atomic E-state index is -0.0511. The Morgan fingerprint density at radius 1 is 1.12 bits per heavy atom. The topological polar surface area (TPSA) is 80.4 Å². The van der Waals surface area contributed by atoms with Crippen molar-refractivity contribution in [1.82, 2.24) is 25.0 Å². The van der Waals surface area contributed by atoms with E-state index in [-0.39, 0.29) is 6.10 Å². The number of hydrogen-bond donors (Lipinski definition) is 0. The van der Waals surface area contributed by atoms with Crippen LogP contribution in [0.4, 0.5) is 5.82 Å². The van der Waals surface area contributed by atoms with Crippen LogP contribution in [0.1, 0.15) is 42.2 Å². The number of anilines is 1. The van der Waals surface area contributed by atoms with Crippen LogP contribution in [-0.4, -0.2) is 57.8 Å². The van der Waals surface area contributed by atoms with Crippen LogP contribution in [0, 0.1) is 13.8 Å². The first kappa shape index (κ1) is 16.4. The molecule has 0 amide bonds. The lowest BCUT2D eigenvalue weighted by molar-refractivity contribution is -0.0359. The van der Waals surface area contributed by atoms with Gasteiger partial charge in [-0.15, -0.1) is 0 Å². The lowest BCUT2D eigenvalue weighted by atomic mass is 10.2. The molecule has 0 N–H and O–H groups in total. The van der Waals surface area contributed by atoms with Gasteiger partial charge in [0.05, 0.1) is 18.8 Å². The maximum atomic E-state index is 6.00. The minimum Gasteiger partial charge on any atom is -0.369 e. The van der Waals surface area contributed by atoms with Crippen molar-refractivity contribution in [2.45, 2.75) is 39.3 Å². The van der Waals surface area contributed by atoms with Crippen molar-refractivity contribution in [3.8, 4) is 0 Å². The van der Waals surface area contributed by atoms with E-state index in [2.05, 4.69) is 36.0 Å². The number of nitrogens with zero attached hydrogens (tertiary/aromatic N) is 6. The number of hydrogen-bond acceptors (Lipinski definition) is 8. The van der Waals surface area contributed by atoms with Gasteiger partial charge in [-0.05, 0) is 19.8 Å². The molecule has 4 rings (SSSR count). The molecule has 0 aromatic carbocycles. The van der Waals surface area contributed by atoms with Crippen molar-refractivity contribution < 1.29 is 9.26 Å². The molecule has 0 bridgehead atoms. The van der Waals surface area contributed by atoms with Crippen molar-refractivity contribution >= 4 is 5.82 Å². The van der Waals surface area contributed by atoms with Gasteiger partial charge in [0.25, 0.3) is 0 Å². The molecule has 25 heavy (non-hydrogen) atoms. The van der Waals surface area contributed by atoms with Crippen LogP contribution in [0.5, 0.6) is 0 Å². The largest absolute Gasteiger partial charge is 0.369 e. The second-order valence-electron chi connectivity index (χ2n) is 6.72. The Kier molecular flexibility index (Phi) is 4.63. The van der Waals surface area contributed by atoms with Gasteiger partial charge in [0.15, 0.2) is 5.82 Å². The minimum absolute atomic E-state index is 0.0511. The summed E-state index contributed by atoms with van der Waals surface area (Å²) >= 11 is 0. The first-order valence-electron chi connectivity index (χ1n) is 8.91. The van der Waals surface area contributed by atoms with Gasteiger partial charge in [-0.25, -0.2) is 9.97 Å². The second kappa shape index (κ2) is 7.05. The predicted octanol–water partition coefficient (Wildman–Crippen LogP) is 1.65. The Hall–Kier alpha value is -2.06. The number of ether oxygens (including phenoxy) is 1. The summed E-state index contributed by atoms with van der Waals surface area (Å²) in [4.78, 5) is 18.2. The summed E-state index contributed by atoms with van der Waals surface area (Å²) in [5.74, 6) is 3.14. The zero-order chi connectivity index (χ0) is 17.2. The zero-order valence-electron chi connectivity index (χ0n) is 14.8. The van der Waals surface area contributed by atoms with E-state index in [1.807, 2.05) is 13.8 Å². The van der Waals surface area contributed by atoms with Gasteiger partial charge in [-0.3, -0.25) is 4.90 Å². The van der Waals surface area contributed by atoms with Crippen LogP contribution in [0.15, 0.2) is 10.6 Å². The molecule has 2 fully saturated rings. The zero-order valence-corrected chi connectivity index (χ0v) is 14.8. The Labute approximate surface area is 147 Å². The molecule has 2 saturated heterocycles. The Bertz CT molecular complexity index is 728. The molecule has 0 aliphatic carbocycles. The average Bonchev–Trinajstić information content (AvgIpc) is 3.27. The van der Waals surface area contributed by atoms with E-state index in [1.165, 1.54) is 12.8 Å². The van der Waals surface area contributed by atoms with E-state index in [0.29, 0.717) is 19.0 Å². The van der Waals surface area contributed by atoms with E-state index in [1.54, 1.807) is 0 Å². The Morgan fingerprint density at radius 2 is 1.96 bits per heavy atom. The quantitative estimate of drug-likeness (QED) is 0.828. The van der Waals surface area contributed by atoms with Gasteiger partial charge in [0, 0.05) is 39.2 Å². The van der Waals surface area contributed by atoms with Gasteiger partial charge < -0.3 is 14.2 Å². The fourth-order valence-electron chi connectivity index (χ4n) is 3.48. The first-order chi connectivity index (χ1) is 12.2. The lowest BCUT2D eigenvalue weighted by Crippen LogP contribution is -2.38. The maximum Gasteiger partial charge on any atom is 0.223 e. The highest BCUT2D eigenvalue weighted by Crippen LogP contribution is 2.26. The summed E-state index contributed by atoms with van der Waals surface area (Å²) in [5, 5.41) is 3.99. The molecule has 1 unspecified atom stereocenters. The van der Waals surface area contributed by atoms with E-state index in [4.69, 9.17) is 9.26 Å². The number of rotatable bonds is 4. The van der Waals surface area contributed by atoms with Crippen LogP contribution in [-0.2, 0) is 11.3 Å². The standard InChI is InChI=1S/C17H24N6O2/c1-12-18-14(9-17(19-12)23-5-3-4-6-23)15-10-22(7-8-24-15)11-16-20-13(2)25-21-16/h9,15H,3-8,10-11H2,1-2H3. The molecule has 0 saturated carbocycles. The van der Waals surface area contributed by atoms with Gasteiger partial charge in [-0.2, -0.15) is 4.98 Å². The van der Waals surface area contributed by atoms with E-state index >= 15 is 0 Å². The Morgan fingerprint density at radius 3 is 2.72 bits per heavy atom. The third-order valence-electron chi connectivity index (χ3n) is 4.69. The molecule has 2 aromatic rings. The predicted molar refractivity (Wildman–Crippen MR) is 91.2 cm³/mol. The smallest absolute Gasteiger partial charge is 0.223 e. The highest BCUT2D eigenvalue weighted by atomic mass is 16.5. The van der Waals surface area contributed by atoms with Crippen LogP contribution in [0.2, 0.25) is 0 Å². The first-order valence-corrected chi connectivity index (χ1v) is 8.91. The molecular weight excluding hydrogens is 320 g/mol. The molecule has 2 aliphatic rings. The van der Waals surface area contributed by atoms with Gasteiger partial charge in [0.1, 0.15) is 17.7 Å². The second-order valence-corrected chi connectivity index (χ2v) is 6.72. The average molecular weight is 344 g/mol. The molecule has 8 heteroatoms. The molecule has 134 valence electrons. The number of morpholine rings is 1. The summed E-state index contributed by atoms with van der Waals surface area (Å²) in [6.45, 7) is 8.86. The van der Waals surface area contributed by atoms with Crippen LogP contribution >= 0.6 is 0 Å². The van der Waals surface area contributed by atoms with Crippen molar-refractivity contribution in [2.75, 3.05) is 37.7 Å². The monoisotopic (exact) mass is 344 g/mol. The van der Waals surface area contributed by atoms with Crippen LogP contribution in [0.3, 0.4) is 0 Å². The van der Waals surface area contributed by atoms with Gasteiger partial charge in [-0.1, -0.05) is 5.16 Å². The van der Waals surface area contributed by atoms with Gasteiger partial charge in [0.2, 0.25) is 5.89 Å². The molecule has 8 nitrogen and oxygen atoms in total. The van der Waals surface area contributed by atoms with Crippen molar-refractivity contribution in [3.05, 3.63) is 29.3 Å². The molecular formula is C17H24N6O2. The van der Waals surface area contributed by atoms with Crippen LogP contribution < -0.4 is 4.90 Å². The molecule has 0 spiro atoms. The molecule has 4 heterocycles. The number of aromatic nitrogens is 4. The summed E-state index contributed by atoms with van der Waals surface area (Å²) in [7, 11) is 0. The van der Waals surface area contributed by atoms with Crippen LogP contribution in [0.25, 0.3) is 0 Å². The fraction of sp³-hybridized carbons (Fsp3) is 0.647.